The highest BCUT2D eigenvalue weighted by atomic mass is 16.5. The van der Waals surface area contributed by atoms with Gasteiger partial charge < -0.3 is 14.3 Å². The molecule has 1 saturated carbocycles. The molecular weight excluding hydrogens is 430 g/mol. The summed E-state index contributed by atoms with van der Waals surface area (Å²) in [6.07, 6.45) is 5.71. The van der Waals surface area contributed by atoms with Crippen LogP contribution < -0.4 is 4.90 Å². The van der Waals surface area contributed by atoms with Gasteiger partial charge in [-0.25, -0.2) is 9.67 Å². The zero-order valence-corrected chi connectivity index (χ0v) is 19.0. The van der Waals surface area contributed by atoms with E-state index in [4.69, 9.17) is 4.52 Å². The Bertz CT molecular complexity index is 1300. The standard InChI is InChI=1S/C25H25N7O2/c1-17-21(16-27-32(17)20-5-3-2-4-6-20)25(33)31-13-11-30(12-14-31)22-10-9-19(15-26-22)23-28-24(34-29-23)18-7-8-18/h2-6,9-10,15-16,18H,7-8,11-14H2,1H3. The van der Waals surface area contributed by atoms with E-state index in [1.165, 1.54) is 0 Å². The van der Waals surface area contributed by atoms with Crippen molar-refractivity contribution in [3.05, 3.63) is 72.0 Å². The summed E-state index contributed by atoms with van der Waals surface area (Å²) in [7, 11) is 0. The lowest BCUT2D eigenvalue weighted by molar-refractivity contribution is 0.0745. The zero-order valence-electron chi connectivity index (χ0n) is 19.0. The maximum atomic E-state index is 13.2. The Morgan fingerprint density at radius 2 is 1.79 bits per heavy atom. The van der Waals surface area contributed by atoms with E-state index in [1.54, 1.807) is 12.4 Å². The van der Waals surface area contributed by atoms with Crippen LogP contribution in [-0.4, -0.2) is 61.9 Å². The maximum Gasteiger partial charge on any atom is 0.257 e. The van der Waals surface area contributed by atoms with E-state index in [9.17, 15) is 4.79 Å². The number of amides is 1. The molecule has 1 aliphatic carbocycles. The molecule has 0 atom stereocenters. The molecule has 3 aromatic heterocycles. The van der Waals surface area contributed by atoms with E-state index >= 15 is 0 Å². The molecule has 0 radical (unpaired) electrons. The summed E-state index contributed by atoms with van der Waals surface area (Å²) in [6, 6.07) is 13.8. The molecule has 1 amide bonds. The van der Waals surface area contributed by atoms with Gasteiger partial charge in [0.25, 0.3) is 5.91 Å². The Kier molecular flexibility index (Phi) is 5.09. The Hall–Kier alpha value is -4.01. The molecule has 2 fully saturated rings. The van der Waals surface area contributed by atoms with Crippen LogP contribution >= 0.6 is 0 Å². The molecule has 1 aliphatic heterocycles. The van der Waals surface area contributed by atoms with Crippen LogP contribution in [0.4, 0.5) is 5.82 Å². The van der Waals surface area contributed by atoms with Gasteiger partial charge in [0.2, 0.25) is 11.7 Å². The first-order chi connectivity index (χ1) is 16.7. The van der Waals surface area contributed by atoms with Crippen LogP contribution in [0, 0.1) is 6.92 Å². The predicted molar refractivity (Wildman–Crippen MR) is 126 cm³/mol. The first-order valence-electron chi connectivity index (χ1n) is 11.6. The molecule has 9 nitrogen and oxygen atoms in total. The molecular formula is C25H25N7O2. The van der Waals surface area contributed by atoms with Gasteiger partial charge in [0.1, 0.15) is 5.82 Å². The van der Waals surface area contributed by atoms with Gasteiger partial charge in [-0.15, -0.1) is 0 Å². The number of hydrogen-bond acceptors (Lipinski definition) is 7. The molecule has 0 bridgehead atoms. The van der Waals surface area contributed by atoms with Crippen LogP contribution in [0.3, 0.4) is 0 Å². The van der Waals surface area contributed by atoms with E-state index in [-0.39, 0.29) is 5.91 Å². The van der Waals surface area contributed by atoms with Crippen molar-refractivity contribution >= 4 is 11.7 Å². The van der Waals surface area contributed by atoms with Gasteiger partial charge in [-0.2, -0.15) is 10.1 Å². The van der Waals surface area contributed by atoms with Crippen molar-refractivity contribution in [2.75, 3.05) is 31.1 Å². The lowest BCUT2D eigenvalue weighted by atomic mass is 10.2. The highest BCUT2D eigenvalue weighted by Gasteiger charge is 2.30. The van der Waals surface area contributed by atoms with Gasteiger partial charge in [0.05, 0.1) is 23.1 Å². The van der Waals surface area contributed by atoms with E-state index in [2.05, 4.69) is 25.1 Å². The number of anilines is 1. The molecule has 1 saturated heterocycles. The molecule has 4 aromatic rings. The lowest BCUT2D eigenvalue weighted by Gasteiger charge is -2.35. The van der Waals surface area contributed by atoms with E-state index in [0.717, 1.165) is 54.6 Å². The Morgan fingerprint density at radius 3 is 2.50 bits per heavy atom. The summed E-state index contributed by atoms with van der Waals surface area (Å²) in [5.74, 6) is 2.65. The number of nitrogens with zero attached hydrogens (tertiary/aromatic N) is 7. The van der Waals surface area contributed by atoms with Crippen molar-refractivity contribution in [1.82, 2.24) is 29.8 Å². The van der Waals surface area contributed by atoms with E-state index in [1.807, 2.05) is 59.0 Å². The molecule has 2 aliphatic rings. The third-order valence-electron chi connectivity index (χ3n) is 6.51. The van der Waals surface area contributed by atoms with Gasteiger partial charge in [0.15, 0.2) is 0 Å². The summed E-state index contributed by atoms with van der Waals surface area (Å²) in [6.45, 7) is 4.64. The summed E-state index contributed by atoms with van der Waals surface area (Å²) >= 11 is 0. The van der Waals surface area contributed by atoms with Crippen molar-refractivity contribution in [1.29, 1.82) is 0 Å². The monoisotopic (exact) mass is 455 g/mol. The smallest absolute Gasteiger partial charge is 0.257 e. The minimum Gasteiger partial charge on any atom is -0.353 e. The maximum absolute atomic E-state index is 13.2. The highest BCUT2D eigenvalue weighted by Crippen LogP contribution is 2.39. The third-order valence-corrected chi connectivity index (χ3v) is 6.51. The normalized spacial score (nSPS) is 16.1. The molecule has 172 valence electrons. The molecule has 0 spiro atoms. The van der Waals surface area contributed by atoms with Crippen molar-refractivity contribution < 1.29 is 9.32 Å². The average Bonchev–Trinajstić information content (AvgIpc) is 3.50. The molecule has 0 N–H and O–H groups in total. The number of carbonyl (C=O) groups is 1. The summed E-state index contributed by atoms with van der Waals surface area (Å²) in [4.78, 5) is 26.4. The molecule has 4 heterocycles. The SMILES string of the molecule is Cc1c(C(=O)N2CCN(c3ccc(-c4noc(C5CC5)n4)cn3)CC2)cnn1-c1ccccc1. The van der Waals surface area contributed by atoms with Crippen LogP contribution in [0.5, 0.6) is 0 Å². The number of rotatable bonds is 5. The largest absolute Gasteiger partial charge is 0.353 e. The van der Waals surface area contributed by atoms with Crippen LogP contribution in [0.2, 0.25) is 0 Å². The molecule has 9 heteroatoms. The van der Waals surface area contributed by atoms with Gasteiger partial charge in [-0.3, -0.25) is 4.79 Å². The summed E-state index contributed by atoms with van der Waals surface area (Å²) in [5.41, 5.74) is 3.29. The Balaban J connectivity index is 1.10. The second-order valence-electron chi connectivity index (χ2n) is 8.81. The van der Waals surface area contributed by atoms with Crippen molar-refractivity contribution in [2.24, 2.45) is 0 Å². The second kappa shape index (κ2) is 8.40. The fourth-order valence-corrected chi connectivity index (χ4v) is 4.31. The first-order valence-corrected chi connectivity index (χ1v) is 11.6. The van der Waals surface area contributed by atoms with E-state index in [0.29, 0.717) is 30.4 Å². The van der Waals surface area contributed by atoms with Gasteiger partial charge >= 0.3 is 0 Å². The zero-order chi connectivity index (χ0) is 23.1. The fraction of sp³-hybridized carbons (Fsp3) is 0.320. The van der Waals surface area contributed by atoms with Crippen LogP contribution in [-0.2, 0) is 0 Å². The summed E-state index contributed by atoms with van der Waals surface area (Å²) < 4.78 is 7.16. The van der Waals surface area contributed by atoms with Gasteiger partial charge in [-0.1, -0.05) is 23.4 Å². The average molecular weight is 456 g/mol. The predicted octanol–water partition coefficient (Wildman–Crippen LogP) is 3.47. The van der Waals surface area contributed by atoms with Gasteiger partial charge in [0, 0.05) is 43.9 Å². The molecule has 6 rings (SSSR count). The molecule has 0 unspecified atom stereocenters. The van der Waals surface area contributed by atoms with E-state index < -0.39 is 0 Å². The third kappa shape index (κ3) is 3.83. The van der Waals surface area contributed by atoms with Crippen molar-refractivity contribution in [2.45, 2.75) is 25.7 Å². The fourth-order valence-electron chi connectivity index (χ4n) is 4.31. The van der Waals surface area contributed by atoms with Crippen LogP contribution in [0.25, 0.3) is 17.1 Å². The first kappa shape index (κ1) is 20.6. The van der Waals surface area contributed by atoms with Gasteiger partial charge in [-0.05, 0) is 44.0 Å². The number of piperazine rings is 1. The van der Waals surface area contributed by atoms with Crippen molar-refractivity contribution in [3.63, 3.8) is 0 Å². The number of para-hydroxylation sites is 1. The quantitative estimate of drug-likeness (QED) is 0.455. The minimum absolute atomic E-state index is 0.0196. The highest BCUT2D eigenvalue weighted by molar-refractivity contribution is 5.95. The molecule has 1 aromatic carbocycles. The van der Waals surface area contributed by atoms with Crippen LogP contribution in [0.1, 0.15) is 40.7 Å². The summed E-state index contributed by atoms with van der Waals surface area (Å²) in [5, 5.41) is 8.53. The topological polar surface area (TPSA) is 93.2 Å². The number of aromatic nitrogens is 5. The number of carbonyl (C=O) groups excluding carboxylic acids is 1. The Morgan fingerprint density at radius 1 is 1.00 bits per heavy atom. The van der Waals surface area contributed by atoms with Crippen LogP contribution in [0.15, 0.2) is 59.4 Å². The number of hydrogen-bond donors (Lipinski definition) is 0. The lowest BCUT2D eigenvalue weighted by Crippen LogP contribution is -2.49. The number of benzene rings is 1. The number of pyridine rings is 1. The molecule has 34 heavy (non-hydrogen) atoms. The minimum atomic E-state index is 0.0196. The Labute approximate surface area is 197 Å². The van der Waals surface area contributed by atoms with Crippen molar-refractivity contribution in [3.8, 4) is 17.1 Å². The second-order valence-corrected chi connectivity index (χ2v) is 8.81.